The minimum Gasteiger partial charge on any atom is -0.493 e. The molecule has 2 aliphatic rings. The van der Waals surface area contributed by atoms with Crippen LogP contribution in [-0.2, 0) is 6.42 Å². The summed E-state index contributed by atoms with van der Waals surface area (Å²) in [5, 5.41) is 0. The van der Waals surface area contributed by atoms with Crippen molar-refractivity contribution in [2.75, 3.05) is 6.61 Å². The van der Waals surface area contributed by atoms with Gasteiger partial charge in [-0.25, -0.2) is 0 Å². The Morgan fingerprint density at radius 2 is 1.15 bits per heavy atom. The molecule has 0 amide bonds. The fourth-order valence-electron chi connectivity index (χ4n) is 5.05. The zero-order valence-electron chi connectivity index (χ0n) is 23.1. The first-order valence-electron chi connectivity index (χ1n) is 14.9. The van der Waals surface area contributed by atoms with Crippen LogP contribution in [-0.4, -0.2) is 6.61 Å². The Labute approximate surface area is 212 Å². The molecule has 2 aliphatic carbocycles. The molecule has 0 radical (unpaired) electrons. The van der Waals surface area contributed by atoms with E-state index >= 15 is 0 Å². The van der Waals surface area contributed by atoms with Crippen LogP contribution in [0.3, 0.4) is 0 Å². The first-order valence-corrected chi connectivity index (χ1v) is 14.9. The van der Waals surface area contributed by atoms with E-state index in [1.807, 2.05) is 0 Å². The van der Waals surface area contributed by atoms with E-state index in [-0.39, 0.29) is 0 Å². The van der Waals surface area contributed by atoms with Gasteiger partial charge >= 0.3 is 0 Å². The summed E-state index contributed by atoms with van der Waals surface area (Å²) in [6, 6.07) is 11.4. The minimum absolute atomic E-state index is 0.531. The molecule has 0 aromatic heterocycles. The van der Waals surface area contributed by atoms with E-state index in [2.05, 4.69) is 58.0 Å². The smallest absolute Gasteiger partial charge is 0.127 e. The van der Waals surface area contributed by atoms with Crippen molar-refractivity contribution in [2.45, 2.75) is 143 Å². The number of hydrogen-bond acceptors (Lipinski definition) is 1. The molecule has 0 spiro atoms. The van der Waals surface area contributed by atoms with E-state index in [9.17, 15) is 0 Å². The van der Waals surface area contributed by atoms with Crippen molar-refractivity contribution in [3.05, 3.63) is 41.5 Å². The molecule has 0 aromatic rings. The van der Waals surface area contributed by atoms with Gasteiger partial charge in [-0.3, -0.25) is 0 Å². The van der Waals surface area contributed by atoms with E-state index in [1.165, 1.54) is 119 Å². The molecule has 0 aromatic carbocycles. The first kappa shape index (κ1) is 28.7. The zero-order chi connectivity index (χ0) is 24.4. The van der Waals surface area contributed by atoms with Crippen LogP contribution in [0.2, 0.25) is 0 Å². The lowest BCUT2D eigenvalue weighted by atomic mass is 10.0. The summed E-state index contributed by atoms with van der Waals surface area (Å²) in [4.78, 5) is 0. The third-order valence-electron chi connectivity index (χ3n) is 7.37. The van der Waals surface area contributed by atoms with E-state index in [4.69, 9.17) is 4.74 Å². The molecule has 2 rings (SSSR count). The molecule has 34 heavy (non-hydrogen) atoms. The first-order chi connectivity index (χ1) is 16.7. The predicted molar refractivity (Wildman–Crippen MR) is 152 cm³/mol. The van der Waals surface area contributed by atoms with Crippen molar-refractivity contribution < 1.29 is 4.74 Å². The topological polar surface area (TPSA) is 9.23 Å². The highest BCUT2D eigenvalue weighted by molar-refractivity contribution is 5.77. The molecule has 192 valence electrons. The van der Waals surface area contributed by atoms with E-state index in [1.54, 1.807) is 0 Å². The monoisotopic (exact) mass is 466 g/mol. The maximum absolute atomic E-state index is 6.33. The lowest BCUT2D eigenvalue weighted by molar-refractivity contribution is 0.305. The number of unbranched alkanes of at least 4 members (excludes halogenated alkanes) is 15. The van der Waals surface area contributed by atoms with Gasteiger partial charge in [0, 0.05) is 5.56 Å². The molecule has 0 heterocycles. The number of ether oxygens (including phenoxy) is 1. The molecular formula is C33H54O. The molecule has 0 atom stereocenters. The van der Waals surface area contributed by atoms with Crippen LogP contribution >= 0.6 is 0 Å². The maximum Gasteiger partial charge on any atom is 0.127 e. The van der Waals surface area contributed by atoms with Crippen LogP contribution in [0.4, 0.5) is 0 Å². The number of hydrogen-bond donors (Lipinski definition) is 0. The summed E-state index contributed by atoms with van der Waals surface area (Å²) in [7, 11) is 0. The average Bonchev–Trinajstić information content (AvgIpc) is 3.15. The predicted octanol–water partition coefficient (Wildman–Crippen LogP) is 11.1. The summed E-state index contributed by atoms with van der Waals surface area (Å²) in [6.45, 7) is 9.91. The SMILES string of the molecule is CCCCCCCCCCCCCCCCCCOc1ccc(C(C)C)cc2ccc(CC)c1-2. The van der Waals surface area contributed by atoms with Crippen molar-refractivity contribution in [2.24, 2.45) is 0 Å². The second-order valence-corrected chi connectivity index (χ2v) is 10.7. The second-order valence-electron chi connectivity index (χ2n) is 10.7. The van der Waals surface area contributed by atoms with Gasteiger partial charge < -0.3 is 4.74 Å². The van der Waals surface area contributed by atoms with Crippen molar-refractivity contribution in [1.29, 1.82) is 0 Å². The van der Waals surface area contributed by atoms with Crippen molar-refractivity contribution in [1.82, 2.24) is 0 Å². The molecule has 0 bridgehead atoms. The Kier molecular flexibility index (Phi) is 15.1. The lowest BCUT2D eigenvalue weighted by Gasteiger charge is -2.10. The molecule has 0 saturated heterocycles. The standard InChI is InChI=1S/C33H54O/c1-5-7-8-9-10-11-12-13-14-15-16-17-18-19-20-21-26-34-32-25-24-30(28(3)4)27-31-23-22-29(6-2)33(31)32/h22-25,27-28H,5-21,26H2,1-4H3. The van der Waals surface area contributed by atoms with Gasteiger partial charge in [-0.1, -0.05) is 148 Å². The van der Waals surface area contributed by atoms with Gasteiger partial charge in [-0.05, 0) is 41.5 Å². The highest BCUT2D eigenvalue weighted by Crippen LogP contribution is 2.38. The Morgan fingerprint density at radius 1 is 0.618 bits per heavy atom. The Balaban J connectivity index is 1.53. The van der Waals surface area contributed by atoms with Gasteiger partial charge in [0.1, 0.15) is 5.75 Å². The van der Waals surface area contributed by atoms with Crippen molar-refractivity contribution in [3.8, 4) is 16.9 Å². The van der Waals surface area contributed by atoms with Crippen molar-refractivity contribution >= 4 is 0 Å². The van der Waals surface area contributed by atoms with E-state index < -0.39 is 0 Å². The van der Waals surface area contributed by atoms with Crippen LogP contribution in [0.15, 0.2) is 30.3 Å². The van der Waals surface area contributed by atoms with Crippen LogP contribution in [0.1, 0.15) is 147 Å². The quantitative estimate of drug-likeness (QED) is 0.176. The molecule has 0 N–H and O–H groups in total. The molecule has 0 saturated carbocycles. The fraction of sp³-hybridized carbons (Fsp3) is 0.697. The maximum atomic E-state index is 6.33. The van der Waals surface area contributed by atoms with Gasteiger partial charge in [-0.15, -0.1) is 0 Å². The molecular weight excluding hydrogens is 412 g/mol. The fourth-order valence-corrected chi connectivity index (χ4v) is 5.05. The second kappa shape index (κ2) is 17.9. The zero-order valence-corrected chi connectivity index (χ0v) is 23.1. The van der Waals surface area contributed by atoms with Crippen LogP contribution in [0.25, 0.3) is 11.1 Å². The summed E-state index contributed by atoms with van der Waals surface area (Å²) < 4.78 is 6.33. The molecule has 1 nitrogen and oxygen atoms in total. The Morgan fingerprint density at radius 3 is 1.65 bits per heavy atom. The van der Waals surface area contributed by atoms with E-state index in [0.29, 0.717) is 5.92 Å². The largest absolute Gasteiger partial charge is 0.493 e. The van der Waals surface area contributed by atoms with Gasteiger partial charge in [0.2, 0.25) is 0 Å². The van der Waals surface area contributed by atoms with Gasteiger partial charge in [-0.2, -0.15) is 0 Å². The summed E-state index contributed by atoms with van der Waals surface area (Å²) in [5.74, 6) is 1.61. The van der Waals surface area contributed by atoms with Crippen molar-refractivity contribution in [3.63, 3.8) is 0 Å². The third kappa shape index (κ3) is 10.8. The van der Waals surface area contributed by atoms with Gasteiger partial charge in [0.05, 0.1) is 6.61 Å². The number of rotatable bonds is 20. The summed E-state index contributed by atoms with van der Waals surface area (Å²) in [6.07, 6.45) is 23.5. The molecule has 0 unspecified atom stereocenters. The third-order valence-corrected chi connectivity index (χ3v) is 7.37. The highest BCUT2D eigenvalue weighted by atomic mass is 16.5. The summed E-state index contributed by atoms with van der Waals surface area (Å²) in [5.41, 5.74) is 5.44. The Bertz CT molecular complexity index is 732. The number of fused-ring (bicyclic) bond motifs is 1. The number of aryl methyl sites for hydroxylation is 1. The van der Waals surface area contributed by atoms with Gasteiger partial charge in [0.25, 0.3) is 0 Å². The lowest BCUT2D eigenvalue weighted by Crippen LogP contribution is -1.98. The summed E-state index contributed by atoms with van der Waals surface area (Å²) >= 11 is 0. The minimum atomic E-state index is 0.531. The highest BCUT2D eigenvalue weighted by Gasteiger charge is 2.15. The van der Waals surface area contributed by atoms with Gasteiger partial charge in [0.15, 0.2) is 0 Å². The van der Waals surface area contributed by atoms with Crippen LogP contribution < -0.4 is 4.74 Å². The molecule has 1 heteroatoms. The molecule has 0 aliphatic heterocycles. The van der Waals surface area contributed by atoms with Crippen LogP contribution in [0.5, 0.6) is 5.75 Å². The molecule has 0 fully saturated rings. The normalized spacial score (nSPS) is 11.6. The van der Waals surface area contributed by atoms with E-state index in [0.717, 1.165) is 25.2 Å². The Hall–Kier alpha value is -1.50. The average molecular weight is 467 g/mol. The van der Waals surface area contributed by atoms with Crippen LogP contribution in [0, 0.1) is 0 Å².